The molecule has 2 rings (SSSR count). The van der Waals surface area contributed by atoms with E-state index in [0.29, 0.717) is 11.0 Å². The number of carbonyl (C=O) groups excluding carboxylic acids is 1. The SMILES string of the molecule is CSc1nc(N(C)C)nc(NC(=O)CNc2cccc(C(F)(F)F)c2)c1C#N. The third-order valence-corrected chi connectivity index (χ3v) is 4.15. The standard InChI is InChI=1S/C17H17F3N6OS/c1-26(2)16-24-14(12(8-21)15(25-16)28-3)23-13(27)9-22-11-6-4-5-10(7-11)17(18,19)20/h4-7,22H,9H2,1-3H3,(H,23,24,25,27). The molecule has 0 bridgehead atoms. The van der Waals surface area contributed by atoms with E-state index in [9.17, 15) is 23.2 Å². The van der Waals surface area contributed by atoms with Gasteiger partial charge in [-0.05, 0) is 24.5 Å². The first kappa shape index (κ1) is 21.3. The molecule has 0 saturated carbocycles. The highest BCUT2D eigenvalue weighted by Crippen LogP contribution is 2.30. The lowest BCUT2D eigenvalue weighted by molar-refractivity contribution is -0.137. The molecule has 2 N–H and O–H groups in total. The molecule has 0 aliphatic rings. The topological polar surface area (TPSA) is 93.9 Å². The molecule has 1 amide bonds. The second kappa shape index (κ2) is 8.79. The number of alkyl halides is 3. The van der Waals surface area contributed by atoms with Crippen molar-refractivity contribution in [1.82, 2.24) is 9.97 Å². The average molecular weight is 410 g/mol. The number of hydrogen-bond acceptors (Lipinski definition) is 7. The van der Waals surface area contributed by atoms with Crippen LogP contribution in [0.15, 0.2) is 29.3 Å². The van der Waals surface area contributed by atoms with E-state index in [0.717, 1.165) is 12.1 Å². The Kier molecular flexibility index (Phi) is 6.69. The Bertz CT molecular complexity index is 911. The molecule has 0 fully saturated rings. The average Bonchev–Trinajstić information content (AvgIpc) is 2.65. The number of benzene rings is 1. The van der Waals surface area contributed by atoms with Gasteiger partial charge in [-0.2, -0.15) is 23.4 Å². The molecule has 148 valence electrons. The van der Waals surface area contributed by atoms with Crippen LogP contribution >= 0.6 is 11.8 Å². The van der Waals surface area contributed by atoms with Gasteiger partial charge in [-0.15, -0.1) is 11.8 Å². The maximum atomic E-state index is 12.8. The summed E-state index contributed by atoms with van der Waals surface area (Å²) < 4.78 is 38.3. The smallest absolute Gasteiger partial charge is 0.376 e. The predicted molar refractivity (Wildman–Crippen MR) is 101 cm³/mol. The Labute approximate surface area is 164 Å². The molecule has 11 heteroatoms. The number of hydrogen-bond donors (Lipinski definition) is 2. The Morgan fingerprint density at radius 3 is 2.61 bits per heavy atom. The third kappa shape index (κ3) is 5.26. The van der Waals surface area contributed by atoms with Gasteiger partial charge in [0, 0.05) is 19.8 Å². The first-order chi connectivity index (χ1) is 13.2. The summed E-state index contributed by atoms with van der Waals surface area (Å²) in [5.74, 6) is -0.213. The molecule has 1 heterocycles. The zero-order chi connectivity index (χ0) is 20.9. The van der Waals surface area contributed by atoms with Crippen molar-refractivity contribution >= 4 is 35.1 Å². The minimum atomic E-state index is -4.47. The van der Waals surface area contributed by atoms with Crippen molar-refractivity contribution in [3.05, 3.63) is 35.4 Å². The second-order valence-corrected chi connectivity index (χ2v) is 6.54. The van der Waals surface area contributed by atoms with Crippen LogP contribution in [-0.4, -0.2) is 42.8 Å². The number of nitriles is 1. The number of rotatable bonds is 6. The van der Waals surface area contributed by atoms with Crippen molar-refractivity contribution in [2.75, 3.05) is 42.4 Å². The number of anilines is 3. The molecule has 0 atom stereocenters. The molecule has 2 aromatic rings. The predicted octanol–water partition coefficient (Wildman–Crippen LogP) is 3.21. The fraction of sp³-hybridized carbons (Fsp3) is 0.294. The van der Waals surface area contributed by atoms with Crippen LogP contribution in [0.2, 0.25) is 0 Å². The summed E-state index contributed by atoms with van der Waals surface area (Å²) in [5, 5.41) is 14.9. The van der Waals surface area contributed by atoms with Crippen molar-refractivity contribution in [1.29, 1.82) is 5.26 Å². The maximum Gasteiger partial charge on any atom is 0.416 e. The van der Waals surface area contributed by atoms with Crippen molar-refractivity contribution in [3.8, 4) is 6.07 Å². The van der Waals surface area contributed by atoms with Gasteiger partial charge < -0.3 is 15.5 Å². The van der Waals surface area contributed by atoms with Crippen molar-refractivity contribution < 1.29 is 18.0 Å². The first-order valence-electron chi connectivity index (χ1n) is 7.90. The Hall–Kier alpha value is -3.00. The van der Waals surface area contributed by atoms with Crippen molar-refractivity contribution in [2.45, 2.75) is 11.2 Å². The molecule has 1 aromatic carbocycles. The van der Waals surface area contributed by atoms with Gasteiger partial charge in [0.2, 0.25) is 11.9 Å². The second-order valence-electron chi connectivity index (χ2n) is 5.74. The van der Waals surface area contributed by atoms with E-state index < -0.39 is 17.6 Å². The lowest BCUT2D eigenvalue weighted by atomic mass is 10.2. The summed E-state index contributed by atoms with van der Waals surface area (Å²) in [4.78, 5) is 22.3. The molecule has 0 aliphatic carbocycles. The van der Waals surface area contributed by atoms with E-state index in [1.165, 1.54) is 23.9 Å². The maximum absolute atomic E-state index is 12.8. The van der Waals surface area contributed by atoms with Gasteiger partial charge >= 0.3 is 6.18 Å². The van der Waals surface area contributed by atoms with Crippen LogP contribution in [0.1, 0.15) is 11.1 Å². The minimum absolute atomic E-state index is 0.0430. The molecule has 0 saturated heterocycles. The minimum Gasteiger partial charge on any atom is -0.376 e. The number of nitrogens with zero attached hydrogens (tertiary/aromatic N) is 4. The summed E-state index contributed by atoms with van der Waals surface area (Å²) in [7, 11) is 3.43. The summed E-state index contributed by atoms with van der Waals surface area (Å²) in [6.45, 7) is -0.303. The number of amides is 1. The fourth-order valence-electron chi connectivity index (χ4n) is 2.13. The highest BCUT2D eigenvalue weighted by atomic mass is 32.2. The number of thioether (sulfide) groups is 1. The van der Waals surface area contributed by atoms with Gasteiger partial charge in [-0.1, -0.05) is 6.07 Å². The van der Waals surface area contributed by atoms with E-state index in [1.807, 2.05) is 6.07 Å². The number of nitrogens with one attached hydrogen (secondary N) is 2. The molecule has 0 spiro atoms. The molecule has 28 heavy (non-hydrogen) atoms. The van der Waals surface area contributed by atoms with Crippen LogP contribution in [0.25, 0.3) is 0 Å². The molecule has 1 aromatic heterocycles. The molecule has 0 radical (unpaired) electrons. The summed E-state index contributed by atoms with van der Waals surface area (Å²) >= 11 is 1.23. The van der Waals surface area contributed by atoms with E-state index in [2.05, 4.69) is 20.6 Å². The van der Waals surface area contributed by atoms with Crippen molar-refractivity contribution in [3.63, 3.8) is 0 Å². The van der Waals surface area contributed by atoms with Crippen molar-refractivity contribution in [2.24, 2.45) is 0 Å². The van der Waals surface area contributed by atoms with Crippen LogP contribution in [0.3, 0.4) is 0 Å². The fourth-order valence-corrected chi connectivity index (χ4v) is 2.65. The van der Waals surface area contributed by atoms with Gasteiger partial charge in [0.05, 0.1) is 12.1 Å². The molecule has 7 nitrogen and oxygen atoms in total. The Morgan fingerprint density at radius 2 is 2.04 bits per heavy atom. The largest absolute Gasteiger partial charge is 0.416 e. The van der Waals surface area contributed by atoms with E-state index in [-0.39, 0.29) is 23.6 Å². The zero-order valence-electron chi connectivity index (χ0n) is 15.3. The van der Waals surface area contributed by atoms with Crippen LogP contribution in [0, 0.1) is 11.3 Å². The summed E-state index contributed by atoms with van der Waals surface area (Å²) in [6.07, 6.45) is -2.73. The molecule has 0 aliphatic heterocycles. The molecular formula is C17H17F3N6OS. The normalized spacial score (nSPS) is 10.9. The Morgan fingerprint density at radius 1 is 1.32 bits per heavy atom. The van der Waals surface area contributed by atoms with Gasteiger partial charge in [0.1, 0.15) is 16.7 Å². The number of aromatic nitrogens is 2. The monoisotopic (exact) mass is 410 g/mol. The van der Waals surface area contributed by atoms with E-state index in [1.54, 1.807) is 25.3 Å². The number of carbonyl (C=O) groups is 1. The highest BCUT2D eigenvalue weighted by molar-refractivity contribution is 7.98. The van der Waals surface area contributed by atoms with Crippen LogP contribution in [0.5, 0.6) is 0 Å². The van der Waals surface area contributed by atoms with E-state index >= 15 is 0 Å². The van der Waals surface area contributed by atoms with Crippen LogP contribution in [-0.2, 0) is 11.0 Å². The molecule has 0 unspecified atom stereocenters. The summed E-state index contributed by atoms with van der Waals surface area (Å²) in [5.41, 5.74) is -0.557. The quantitative estimate of drug-likeness (QED) is 0.558. The van der Waals surface area contributed by atoms with Crippen LogP contribution < -0.4 is 15.5 Å². The third-order valence-electron chi connectivity index (χ3n) is 3.47. The van der Waals surface area contributed by atoms with Gasteiger partial charge in [0.15, 0.2) is 5.82 Å². The van der Waals surface area contributed by atoms with Gasteiger partial charge in [0.25, 0.3) is 0 Å². The summed E-state index contributed by atoms with van der Waals surface area (Å²) in [6, 6.07) is 6.48. The number of halogens is 3. The molecular weight excluding hydrogens is 393 g/mol. The first-order valence-corrected chi connectivity index (χ1v) is 9.12. The lowest BCUT2D eigenvalue weighted by Crippen LogP contribution is -2.24. The van der Waals surface area contributed by atoms with E-state index in [4.69, 9.17) is 0 Å². The lowest BCUT2D eigenvalue weighted by Gasteiger charge is -2.15. The Balaban J connectivity index is 2.15. The highest BCUT2D eigenvalue weighted by Gasteiger charge is 2.30. The zero-order valence-corrected chi connectivity index (χ0v) is 16.1. The van der Waals surface area contributed by atoms with Crippen LogP contribution in [0.4, 0.5) is 30.6 Å². The van der Waals surface area contributed by atoms with Gasteiger partial charge in [-0.25, -0.2) is 4.98 Å². The van der Waals surface area contributed by atoms with Gasteiger partial charge in [-0.3, -0.25) is 4.79 Å².